The van der Waals surface area contributed by atoms with Gasteiger partial charge in [0.15, 0.2) is 11.5 Å². The number of benzene rings is 1. The van der Waals surface area contributed by atoms with Gasteiger partial charge in [-0.2, -0.15) is 4.31 Å². The van der Waals surface area contributed by atoms with Crippen LogP contribution in [0.25, 0.3) is 11.1 Å². The van der Waals surface area contributed by atoms with Gasteiger partial charge in [-0.05, 0) is 18.6 Å². The summed E-state index contributed by atoms with van der Waals surface area (Å²) < 4.78 is 32.7. The normalized spacial score (nSPS) is 17.2. The van der Waals surface area contributed by atoms with E-state index in [-0.39, 0.29) is 10.8 Å². The molecule has 1 aromatic heterocycles. The Labute approximate surface area is 141 Å². The smallest absolute Gasteiger partial charge is 0.243 e. The molecule has 0 unspecified atom stereocenters. The molecule has 0 radical (unpaired) electrons. The summed E-state index contributed by atoms with van der Waals surface area (Å²) in [6, 6.07) is 4.73. The summed E-state index contributed by atoms with van der Waals surface area (Å²) in [6.45, 7) is 5.28. The first-order chi connectivity index (χ1) is 11.4. The Balaban J connectivity index is 1.84. The van der Waals surface area contributed by atoms with Gasteiger partial charge in [0.05, 0.1) is 4.90 Å². The lowest BCUT2D eigenvalue weighted by Gasteiger charge is -2.21. The summed E-state index contributed by atoms with van der Waals surface area (Å²) in [5.41, 5.74) is 1.10. The Morgan fingerprint density at radius 3 is 2.79 bits per heavy atom. The molecular weight excluding hydrogens is 330 g/mol. The fourth-order valence-corrected chi connectivity index (χ4v) is 4.42. The number of hydrogen-bond donors (Lipinski definition) is 0. The number of carbonyl (C=O) groups excluding carboxylic acids is 1. The fourth-order valence-electron chi connectivity index (χ4n) is 2.94. The number of aryl methyl sites for hydroxylation is 1. The van der Waals surface area contributed by atoms with E-state index in [2.05, 4.69) is 4.98 Å². The third-order valence-electron chi connectivity index (χ3n) is 4.21. The number of fused-ring (bicyclic) bond motifs is 1. The summed E-state index contributed by atoms with van der Waals surface area (Å²) in [5, 5.41) is 0. The number of rotatable bonds is 3. The van der Waals surface area contributed by atoms with E-state index in [0.29, 0.717) is 56.0 Å². The first-order valence-corrected chi connectivity index (χ1v) is 9.51. The minimum atomic E-state index is -3.62. The lowest BCUT2D eigenvalue weighted by atomic mass is 10.3. The maximum absolute atomic E-state index is 12.9. The second-order valence-corrected chi connectivity index (χ2v) is 7.79. The van der Waals surface area contributed by atoms with Gasteiger partial charge in [-0.25, -0.2) is 13.4 Å². The molecule has 1 aliphatic heterocycles. The van der Waals surface area contributed by atoms with Crippen molar-refractivity contribution in [3.05, 3.63) is 24.1 Å². The zero-order chi connectivity index (χ0) is 17.3. The molecule has 0 aliphatic carbocycles. The second kappa shape index (κ2) is 6.52. The minimum absolute atomic E-state index is 0.0628. The van der Waals surface area contributed by atoms with Crippen molar-refractivity contribution in [3.63, 3.8) is 0 Å². The SMILES string of the molecule is CCC(=O)N1CCCN(S(=O)(=O)c2ccc3nc(C)oc3c2)CC1. The molecule has 0 bridgehead atoms. The molecule has 1 aromatic carbocycles. The highest BCUT2D eigenvalue weighted by Crippen LogP contribution is 2.23. The Morgan fingerprint density at radius 2 is 2.04 bits per heavy atom. The van der Waals surface area contributed by atoms with Crippen LogP contribution in [0.5, 0.6) is 0 Å². The molecule has 7 nitrogen and oxygen atoms in total. The number of sulfonamides is 1. The molecule has 0 spiro atoms. The van der Waals surface area contributed by atoms with Crippen molar-refractivity contribution in [1.29, 1.82) is 0 Å². The topological polar surface area (TPSA) is 83.7 Å². The zero-order valence-corrected chi connectivity index (χ0v) is 14.7. The summed E-state index contributed by atoms with van der Waals surface area (Å²) in [4.78, 5) is 17.9. The van der Waals surface area contributed by atoms with E-state index < -0.39 is 10.0 Å². The van der Waals surface area contributed by atoms with Gasteiger partial charge in [-0.15, -0.1) is 0 Å². The quantitative estimate of drug-likeness (QED) is 0.841. The van der Waals surface area contributed by atoms with Gasteiger partial charge < -0.3 is 9.32 Å². The number of nitrogens with zero attached hydrogens (tertiary/aromatic N) is 3. The lowest BCUT2D eigenvalue weighted by Crippen LogP contribution is -2.37. The molecule has 1 aliphatic rings. The predicted octanol–water partition coefficient (Wildman–Crippen LogP) is 1.77. The van der Waals surface area contributed by atoms with Crippen LogP contribution in [-0.2, 0) is 14.8 Å². The molecule has 130 valence electrons. The van der Waals surface area contributed by atoms with Gasteiger partial charge >= 0.3 is 0 Å². The van der Waals surface area contributed by atoms with E-state index in [1.54, 1.807) is 24.0 Å². The molecule has 1 amide bonds. The third kappa shape index (κ3) is 3.16. The van der Waals surface area contributed by atoms with E-state index in [1.165, 1.54) is 10.4 Å². The predicted molar refractivity (Wildman–Crippen MR) is 89.0 cm³/mol. The number of carbonyl (C=O) groups is 1. The maximum Gasteiger partial charge on any atom is 0.243 e. The van der Waals surface area contributed by atoms with E-state index in [4.69, 9.17) is 4.42 Å². The van der Waals surface area contributed by atoms with Crippen molar-refractivity contribution in [2.75, 3.05) is 26.2 Å². The van der Waals surface area contributed by atoms with Crippen LogP contribution in [0, 0.1) is 6.92 Å². The standard InChI is InChI=1S/C16H21N3O4S/c1-3-16(20)18-7-4-8-19(10-9-18)24(21,22)13-5-6-14-15(11-13)23-12(2)17-14/h5-6,11H,3-4,7-10H2,1-2H3. The van der Waals surface area contributed by atoms with Gasteiger partial charge in [-0.1, -0.05) is 6.92 Å². The molecule has 1 fully saturated rings. The molecule has 0 N–H and O–H groups in total. The molecule has 0 saturated carbocycles. The second-order valence-electron chi connectivity index (χ2n) is 5.85. The van der Waals surface area contributed by atoms with Gasteiger partial charge in [0.2, 0.25) is 15.9 Å². The van der Waals surface area contributed by atoms with Gasteiger partial charge in [0, 0.05) is 45.6 Å². The first-order valence-electron chi connectivity index (χ1n) is 8.07. The van der Waals surface area contributed by atoms with Gasteiger partial charge in [0.1, 0.15) is 5.52 Å². The van der Waals surface area contributed by atoms with Crippen LogP contribution < -0.4 is 0 Å². The van der Waals surface area contributed by atoms with E-state index in [1.807, 2.05) is 6.92 Å². The van der Waals surface area contributed by atoms with Crippen LogP contribution >= 0.6 is 0 Å². The lowest BCUT2D eigenvalue weighted by molar-refractivity contribution is -0.130. The van der Waals surface area contributed by atoms with Crippen LogP contribution in [0.3, 0.4) is 0 Å². The van der Waals surface area contributed by atoms with Crippen molar-refractivity contribution in [2.45, 2.75) is 31.6 Å². The maximum atomic E-state index is 12.9. The van der Waals surface area contributed by atoms with Crippen LogP contribution in [0.4, 0.5) is 0 Å². The molecule has 3 rings (SSSR count). The molecule has 8 heteroatoms. The van der Waals surface area contributed by atoms with E-state index >= 15 is 0 Å². The summed E-state index contributed by atoms with van der Waals surface area (Å²) in [6.07, 6.45) is 1.07. The van der Waals surface area contributed by atoms with Gasteiger partial charge in [-0.3, -0.25) is 4.79 Å². The monoisotopic (exact) mass is 351 g/mol. The Bertz CT molecular complexity index is 859. The first kappa shape index (κ1) is 16.9. The summed E-state index contributed by atoms with van der Waals surface area (Å²) in [5.74, 6) is 0.566. The van der Waals surface area contributed by atoms with E-state index in [0.717, 1.165) is 0 Å². The highest BCUT2D eigenvalue weighted by Gasteiger charge is 2.28. The van der Waals surface area contributed by atoms with Crippen LogP contribution in [0.2, 0.25) is 0 Å². The van der Waals surface area contributed by atoms with Crippen LogP contribution in [-0.4, -0.2) is 54.7 Å². The Kier molecular flexibility index (Phi) is 4.60. The van der Waals surface area contributed by atoms with Crippen molar-refractivity contribution < 1.29 is 17.6 Å². The Morgan fingerprint density at radius 1 is 1.25 bits per heavy atom. The van der Waals surface area contributed by atoms with Gasteiger partial charge in [0.25, 0.3) is 0 Å². The van der Waals surface area contributed by atoms with E-state index in [9.17, 15) is 13.2 Å². The molecule has 2 aromatic rings. The molecular formula is C16H21N3O4S. The van der Waals surface area contributed by atoms with Crippen molar-refractivity contribution in [1.82, 2.24) is 14.2 Å². The highest BCUT2D eigenvalue weighted by molar-refractivity contribution is 7.89. The van der Waals surface area contributed by atoms with Crippen LogP contribution in [0.1, 0.15) is 25.7 Å². The number of aromatic nitrogens is 1. The summed E-state index contributed by atoms with van der Waals surface area (Å²) in [7, 11) is -3.62. The zero-order valence-electron chi connectivity index (χ0n) is 13.9. The Hall–Kier alpha value is -1.93. The average molecular weight is 351 g/mol. The van der Waals surface area contributed by atoms with Crippen LogP contribution in [0.15, 0.2) is 27.5 Å². The molecule has 24 heavy (non-hydrogen) atoms. The number of amides is 1. The van der Waals surface area contributed by atoms with Crippen molar-refractivity contribution in [2.24, 2.45) is 0 Å². The molecule has 1 saturated heterocycles. The summed E-state index contributed by atoms with van der Waals surface area (Å²) >= 11 is 0. The molecule has 2 heterocycles. The van der Waals surface area contributed by atoms with Crippen molar-refractivity contribution in [3.8, 4) is 0 Å². The molecule has 0 atom stereocenters. The number of oxazole rings is 1. The van der Waals surface area contributed by atoms with Crippen molar-refractivity contribution >= 4 is 27.0 Å². The third-order valence-corrected chi connectivity index (χ3v) is 6.11. The minimum Gasteiger partial charge on any atom is -0.441 e. The average Bonchev–Trinajstić information content (AvgIpc) is 2.77. The number of hydrogen-bond acceptors (Lipinski definition) is 5. The largest absolute Gasteiger partial charge is 0.441 e. The highest BCUT2D eigenvalue weighted by atomic mass is 32.2. The fraction of sp³-hybridized carbons (Fsp3) is 0.500.